The Labute approximate surface area is 151 Å². The summed E-state index contributed by atoms with van der Waals surface area (Å²) >= 11 is 0. The molecule has 156 valence electrons. The highest BCUT2D eigenvalue weighted by Crippen LogP contribution is 2.29. The first-order valence-electron chi connectivity index (χ1n) is 8.01. The summed E-state index contributed by atoms with van der Waals surface area (Å²) in [5.74, 6) is -2.73. The molecule has 2 saturated heterocycles. The summed E-state index contributed by atoms with van der Waals surface area (Å²) < 4.78 is 15.4. The van der Waals surface area contributed by atoms with E-state index in [0.29, 0.717) is 0 Å². The molecule has 0 aliphatic carbocycles. The van der Waals surface area contributed by atoms with Crippen LogP contribution in [-0.2, 0) is 23.8 Å². The van der Waals surface area contributed by atoms with E-state index in [0.717, 1.165) is 0 Å². The monoisotopic (exact) mass is 398 g/mol. The van der Waals surface area contributed by atoms with Gasteiger partial charge in [-0.25, -0.2) is 0 Å². The van der Waals surface area contributed by atoms with Gasteiger partial charge in [-0.15, -0.1) is 0 Å². The van der Waals surface area contributed by atoms with E-state index in [2.05, 4.69) is 0 Å². The zero-order valence-electron chi connectivity index (χ0n) is 13.8. The number of hydrogen-bond acceptors (Lipinski definition) is 11. The minimum atomic E-state index is -1.87. The molecule has 0 radical (unpaired) electrons. The molecule has 27 heavy (non-hydrogen) atoms. The fourth-order valence-corrected chi connectivity index (χ4v) is 2.87. The predicted molar refractivity (Wildman–Crippen MR) is 79.0 cm³/mol. The summed E-state index contributed by atoms with van der Waals surface area (Å²) in [6.45, 7) is 0. The van der Waals surface area contributed by atoms with Crippen LogP contribution in [0.3, 0.4) is 0 Å². The van der Waals surface area contributed by atoms with Crippen molar-refractivity contribution in [2.24, 2.45) is 0 Å². The van der Waals surface area contributed by atoms with Crippen molar-refractivity contribution in [1.29, 1.82) is 0 Å². The Hall–Kier alpha value is -1.42. The second-order valence-electron chi connectivity index (χ2n) is 6.36. The first-order chi connectivity index (χ1) is 12.5. The Kier molecular flexibility index (Phi) is 7.07. The van der Waals surface area contributed by atoms with E-state index >= 15 is 0 Å². The molecular formula is C14H22O13. The van der Waals surface area contributed by atoms with Crippen LogP contribution in [-0.4, -0.2) is 114 Å². The second-order valence-corrected chi connectivity index (χ2v) is 6.36. The molecule has 2 fully saturated rings. The molecule has 2 heterocycles. The van der Waals surface area contributed by atoms with E-state index in [1.807, 2.05) is 0 Å². The molecule has 0 saturated carbocycles. The van der Waals surface area contributed by atoms with Gasteiger partial charge in [-0.1, -0.05) is 0 Å². The molecule has 2 aliphatic heterocycles. The Morgan fingerprint density at radius 1 is 0.630 bits per heavy atom. The first kappa shape index (κ1) is 21.9. The molecule has 8 N–H and O–H groups in total. The molecule has 0 aromatic rings. The van der Waals surface area contributed by atoms with Crippen LogP contribution in [0, 0.1) is 0 Å². The van der Waals surface area contributed by atoms with Crippen molar-refractivity contribution >= 4 is 11.9 Å². The zero-order chi connectivity index (χ0) is 20.5. The van der Waals surface area contributed by atoms with Gasteiger partial charge < -0.3 is 55.1 Å². The normalized spacial score (nSPS) is 45.4. The number of carboxylic acids is 2. The summed E-state index contributed by atoms with van der Waals surface area (Å²) in [6.07, 6.45) is -18.9. The van der Waals surface area contributed by atoms with E-state index in [1.54, 1.807) is 0 Å². The molecule has 0 amide bonds. The van der Waals surface area contributed by atoms with Gasteiger partial charge in [0.15, 0.2) is 12.6 Å². The van der Waals surface area contributed by atoms with E-state index in [9.17, 15) is 40.2 Å². The Bertz CT molecular complexity index is 495. The highest BCUT2D eigenvalue weighted by molar-refractivity contribution is 5.67. The third kappa shape index (κ3) is 4.90. The lowest BCUT2D eigenvalue weighted by molar-refractivity contribution is -0.373. The Morgan fingerprint density at radius 2 is 0.963 bits per heavy atom. The SMILES string of the molecule is O=C(O)C[C@H]1O[C@H](O[C@H]2O[C@H](CC(=O)O)[C@@H](O)[C@H](O)[C@H]2O)[C@H](O)[C@@H](O)[C@@H]1O. The zero-order valence-corrected chi connectivity index (χ0v) is 13.8. The molecule has 0 unspecified atom stereocenters. The van der Waals surface area contributed by atoms with Crippen molar-refractivity contribution in [3.63, 3.8) is 0 Å². The number of hydrogen-bond donors (Lipinski definition) is 8. The number of aliphatic hydroxyl groups excluding tert-OH is 6. The predicted octanol–water partition coefficient (Wildman–Crippen LogP) is -4.43. The number of aliphatic hydroxyl groups is 6. The maximum absolute atomic E-state index is 10.8. The standard InChI is InChI=1S/C14H22O13/c15-5(16)1-3-7(19)9(21)11(23)13(25-3)27-14-12(24)10(22)8(20)4(26-14)2-6(17)18/h3-4,7-14,19-24H,1-2H2,(H,15,16)(H,17,18)/t3-,4-,7-,8-,9+,10+,11-,12-,13-,14-/m1/s1. The highest BCUT2D eigenvalue weighted by atomic mass is 16.8. The molecule has 0 aromatic carbocycles. The Balaban J connectivity index is 2.12. The van der Waals surface area contributed by atoms with Gasteiger partial charge in [-0.05, 0) is 0 Å². The van der Waals surface area contributed by atoms with Gasteiger partial charge in [0.1, 0.15) is 36.6 Å². The summed E-state index contributed by atoms with van der Waals surface area (Å²) in [5.41, 5.74) is 0. The molecule has 13 heteroatoms. The molecule has 0 bridgehead atoms. The van der Waals surface area contributed by atoms with Crippen LogP contribution >= 0.6 is 0 Å². The topological polar surface area (TPSA) is 224 Å². The van der Waals surface area contributed by atoms with Gasteiger partial charge >= 0.3 is 11.9 Å². The number of aliphatic carboxylic acids is 2. The summed E-state index contributed by atoms with van der Waals surface area (Å²) in [4.78, 5) is 21.6. The minimum absolute atomic E-state index is 0.734. The number of carboxylic acid groups (broad SMARTS) is 2. The van der Waals surface area contributed by atoms with Gasteiger partial charge in [-0.2, -0.15) is 0 Å². The van der Waals surface area contributed by atoms with Crippen LogP contribution in [0.25, 0.3) is 0 Å². The number of carbonyl (C=O) groups is 2. The van der Waals surface area contributed by atoms with Crippen LogP contribution in [0.4, 0.5) is 0 Å². The summed E-state index contributed by atoms with van der Waals surface area (Å²) in [6, 6.07) is 0. The highest BCUT2D eigenvalue weighted by Gasteiger charge is 2.50. The maximum atomic E-state index is 10.8. The Morgan fingerprint density at radius 3 is 1.26 bits per heavy atom. The lowest BCUT2D eigenvalue weighted by Crippen LogP contribution is -2.63. The van der Waals surface area contributed by atoms with Gasteiger partial charge in [0.25, 0.3) is 0 Å². The van der Waals surface area contributed by atoms with Crippen molar-refractivity contribution in [2.45, 2.75) is 74.3 Å². The molecule has 0 aromatic heterocycles. The van der Waals surface area contributed by atoms with Crippen LogP contribution in [0.1, 0.15) is 12.8 Å². The molecule has 2 rings (SSSR count). The van der Waals surface area contributed by atoms with Gasteiger partial charge in [0.05, 0.1) is 25.0 Å². The molecule has 0 spiro atoms. The van der Waals surface area contributed by atoms with Crippen LogP contribution in [0.15, 0.2) is 0 Å². The first-order valence-corrected chi connectivity index (χ1v) is 8.01. The fourth-order valence-electron chi connectivity index (χ4n) is 2.87. The van der Waals surface area contributed by atoms with Crippen LogP contribution < -0.4 is 0 Å². The fraction of sp³-hybridized carbons (Fsp3) is 0.857. The van der Waals surface area contributed by atoms with Crippen molar-refractivity contribution in [3.8, 4) is 0 Å². The average molecular weight is 398 g/mol. The summed E-state index contributed by atoms with van der Waals surface area (Å²) in [7, 11) is 0. The molecule has 2 aliphatic rings. The van der Waals surface area contributed by atoms with Crippen molar-refractivity contribution in [2.75, 3.05) is 0 Å². The molecule has 10 atom stereocenters. The average Bonchev–Trinajstić information content (AvgIpc) is 2.58. The van der Waals surface area contributed by atoms with Crippen molar-refractivity contribution in [3.05, 3.63) is 0 Å². The van der Waals surface area contributed by atoms with Crippen LogP contribution in [0.2, 0.25) is 0 Å². The summed E-state index contributed by atoms with van der Waals surface area (Å²) in [5, 5.41) is 76.8. The lowest BCUT2D eigenvalue weighted by Gasteiger charge is -2.44. The van der Waals surface area contributed by atoms with E-state index in [-0.39, 0.29) is 0 Å². The van der Waals surface area contributed by atoms with Crippen LogP contribution in [0.5, 0.6) is 0 Å². The van der Waals surface area contributed by atoms with E-state index in [4.69, 9.17) is 24.4 Å². The molecular weight excluding hydrogens is 376 g/mol. The largest absolute Gasteiger partial charge is 0.481 e. The lowest BCUT2D eigenvalue weighted by atomic mass is 9.96. The number of ether oxygens (including phenoxy) is 3. The van der Waals surface area contributed by atoms with E-state index in [1.165, 1.54) is 0 Å². The third-order valence-corrected chi connectivity index (χ3v) is 4.36. The smallest absolute Gasteiger partial charge is 0.306 e. The minimum Gasteiger partial charge on any atom is -0.481 e. The van der Waals surface area contributed by atoms with Gasteiger partial charge in [0.2, 0.25) is 0 Å². The van der Waals surface area contributed by atoms with Crippen molar-refractivity contribution < 1.29 is 64.7 Å². The maximum Gasteiger partial charge on any atom is 0.306 e. The number of rotatable bonds is 6. The third-order valence-electron chi connectivity index (χ3n) is 4.36. The second kappa shape index (κ2) is 8.72. The van der Waals surface area contributed by atoms with Crippen molar-refractivity contribution in [1.82, 2.24) is 0 Å². The van der Waals surface area contributed by atoms with E-state index < -0.39 is 86.2 Å². The quantitative estimate of drug-likeness (QED) is 0.212. The molecule has 13 nitrogen and oxygen atoms in total. The van der Waals surface area contributed by atoms with Gasteiger partial charge in [0, 0.05) is 0 Å². The van der Waals surface area contributed by atoms with Gasteiger partial charge in [-0.3, -0.25) is 9.59 Å².